The van der Waals surface area contributed by atoms with E-state index in [9.17, 15) is 18.0 Å². The Balaban J connectivity index is 1.94. The van der Waals surface area contributed by atoms with E-state index in [1.807, 2.05) is 6.92 Å². The average molecular weight is 439 g/mol. The van der Waals surface area contributed by atoms with Crippen molar-refractivity contribution in [2.45, 2.75) is 18.2 Å². The van der Waals surface area contributed by atoms with Crippen molar-refractivity contribution in [1.29, 1.82) is 0 Å². The van der Waals surface area contributed by atoms with Crippen molar-refractivity contribution in [2.75, 3.05) is 14.2 Å². The standard InChI is InChI=1S/C23H21NO6S/c1-15-7-9-18(10-8-15)31(27,28)24-14-17-11-12-23(21(25)29-2,22(26)30-3)13-16-5-4-6-19(24)20(16)17/h4-12,14H,13H2,1-3H3. The number of hydrogen-bond acceptors (Lipinski definition) is 6. The third-order valence-electron chi connectivity index (χ3n) is 5.60. The number of aryl methyl sites for hydroxylation is 1. The fourth-order valence-corrected chi connectivity index (χ4v) is 5.35. The Hall–Kier alpha value is -3.39. The van der Waals surface area contributed by atoms with Crippen molar-refractivity contribution < 1.29 is 27.5 Å². The van der Waals surface area contributed by atoms with Crippen LogP contribution in [0.5, 0.6) is 0 Å². The summed E-state index contributed by atoms with van der Waals surface area (Å²) in [5, 5.41) is 0.657. The molecular weight excluding hydrogens is 418 g/mol. The highest BCUT2D eigenvalue weighted by molar-refractivity contribution is 7.90. The molecule has 0 saturated carbocycles. The number of methoxy groups -OCH3 is 2. The number of rotatable bonds is 4. The molecule has 0 saturated heterocycles. The van der Waals surface area contributed by atoms with Gasteiger partial charge in [-0.15, -0.1) is 0 Å². The van der Waals surface area contributed by atoms with Gasteiger partial charge in [0.25, 0.3) is 10.0 Å². The van der Waals surface area contributed by atoms with Crippen LogP contribution in [0.15, 0.2) is 59.6 Å². The van der Waals surface area contributed by atoms with E-state index in [2.05, 4.69) is 0 Å². The summed E-state index contributed by atoms with van der Waals surface area (Å²) >= 11 is 0. The predicted octanol–water partition coefficient (Wildman–Crippen LogP) is 3.09. The van der Waals surface area contributed by atoms with Gasteiger partial charge in [0.05, 0.1) is 24.6 Å². The van der Waals surface area contributed by atoms with E-state index in [1.54, 1.807) is 48.5 Å². The SMILES string of the molecule is COC(=O)C1(C(=O)OC)C=Cc2cn(S(=O)(=O)c3ccc(C)cc3)c3cccc(c23)C1. The van der Waals surface area contributed by atoms with E-state index in [1.165, 1.54) is 30.5 Å². The molecule has 0 fully saturated rings. The Morgan fingerprint density at radius 1 is 1.00 bits per heavy atom. The minimum absolute atomic E-state index is 0.0121. The lowest BCUT2D eigenvalue weighted by Crippen LogP contribution is -2.41. The summed E-state index contributed by atoms with van der Waals surface area (Å²) in [6.45, 7) is 1.89. The molecule has 1 heterocycles. The smallest absolute Gasteiger partial charge is 0.327 e. The molecule has 0 aliphatic heterocycles. The molecule has 1 aliphatic rings. The molecule has 0 atom stereocenters. The second-order valence-corrected chi connectivity index (χ2v) is 9.29. The summed E-state index contributed by atoms with van der Waals surface area (Å²) in [7, 11) is -1.42. The maximum Gasteiger partial charge on any atom is 0.327 e. The molecule has 31 heavy (non-hydrogen) atoms. The zero-order valence-corrected chi connectivity index (χ0v) is 18.1. The third-order valence-corrected chi connectivity index (χ3v) is 7.29. The highest BCUT2D eigenvalue weighted by atomic mass is 32.2. The maximum absolute atomic E-state index is 13.3. The summed E-state index contributed by atoms with van der Waals surface area (Å²) in [5.41, 5.74) is 0.994. The minimum atomic E-state index is -3.84. The van der Waals surface area contributed by atoms with Gasteiger partial charge in [-0.2, -0.15) is 0 Å². The molecule has 8 heteroatoms. The van der Waals surface area contributed by atoms with E-state index in [-0.39, 0.29) is 11.3 Å². The molecule has 160 valence electrons. The van der Waals surface area contributed by atoms with Gasteiger partial charge in [0, 0.05) is 23.6 Å². The lowest BCUT2D eigenvalue weighted by atomic mass is 9.81. The first-order valence-electron chi connectivity index (χ1n) is 9.56. The molecule has 3 aromatic rings. The summed E-state index contributed by atoms with van der Waals surface area (Å²) < 4.78 is 37.7. The molecule has 4 rings (SSSR count). The Morgan fingerprint density at radius 3 is 2.26 bits per heavy atom. The Kier molecular flexibility index (Phi) is 4.97. The Bertz CT molecular complexity index is 1320. The van der Waals surface area contributed by atoms with E-state index in [0.717, 1.165) is 5.56 Å². The van der Waals surface area contributed by atoms with Crippen molar-refractivity contribution in [3.05, 3.63) is 71.4 Å². The monoisotopic (exact) mass is 439 g/mol. The molecule has 0 unspecified atom stereocenters. The first-order valence-corrected chi connectivity index (χ1v) is 11.0. The fraction of sp³-hybridized carbons (Fsp3) is 0.217. The zero-order valence-electron chi connectivity index (χ0n) is 17.3. The maximum atomic E-state index is 13.3. The van der Waals surface area contributed by atoms with Gasteiger partial charge in [0.1, 0.15) is 0 Å². The molecule has 0 spiro atoms. The molecule has 0 N–H and O–H groups in total. The lowest BCUT2D eigenvalue weighted by molar-refractivity contribution is -0.164. The van der Waals surface area contributed by atoms with E-state index in [0.29, 0.717) is 22.0 Å². The molecule has 0 bridgehead atoms. The van der Waals surface area contributed by atoms with E-state index >= 15 is 0 Å². The highest BCUT2D eigenvalue weighted by Crippen LogP contribution is 2.39. The number of ether oxygens (including phenoxy) is 2. The zero-order chi connectivity index (χ0) is 22.4. The topological polar surface area (TPSA) is 91.7 Å². The lowest BCUT2D eigenvalue weighted by Gasteiger charge is -2.24. The van der Waals surface area contributed by atoms with Crippen LogP contribution in [0.2, 0.25) is 0 Å². The van der Waals surface area contributed by atoms with Gasteiger partial charge in [-0.25, -0.2) is 12.4 Å². The van der Waals surface area contributed by atoms with Crippen LogP contribution >= 0.6 is 0 Å². The molecule has 0 radical (unpaired) electrons. The number of benzene rings is 2. The molecule has 0 amide bonds. The number of esters is 2. The van der Waals surface area contributed by atoms with Crippen LogP contribution in [-0.2, 0) is 35.5 Å². The number of hydrogen-bond donors (Lipinski definition) is 0. The molecule has 7 nitrogen and oxygen atoms in total. The summed E-state index contributed by atoms with van der Waals surface area (Å²) in [5.74, 6) is -1.48. The van der Waals surface area contributed by atoms with Gasteiger partial charge in [0.2, 0.25) is 0 Å². The van der Waals surface area contributed by atoms with Crippen molar-refractivity contribution >= 4 is 38.9 Å². The predicted molar refractivity (Wildman–Crippen MR) is 115 cm³/mol. The van der Waals surface area contributed by atoms with E-state index in [4.69, 9.17) is 9.47 Å². The van der Waals surface area contributed by atoms with Gasteiger partial charge in [-0.05, 0) is 30.7 Å². The van der Waals surface area contributed by atoms with Gasteiger partial charge < -0.3 is 9.47 Å². The first kappa shape index (κ1) is 20.9. The summed E-state index contributed by atoms with van der Waals surface area (Å²) in [4.78, 5) is 25.4. The quantitative estimate of drug-likeness (QED) is 0.458. The first-order chi connectivity index (χ1) is 14.7. The molecule has 1 aromatic heterocycles. The van der Waals surface area contributed by atoms with Crippen LogP contribution in [0, 0.1) is 12.3 Å². The molecule has 2 aromatic carbocycles. The van der Waals surface area contributed by atoms with Crippen LogP contribution in [0.1, 0.15) is 16.7 Å². The van der Waals surface area contributed by atoms with Crippen molar-refractivity contribution in [1.82, 2.24) is 3.97 Å². The Labute approximate surface area is 179 Å². The van der Waals surface area contributed by atoms with Crippen LogP contribution in [0.4, 0.5) is 0 Å². The number of carbonyl (C=O) groups is 2. The number of carbonyl (C=O) groups excluding carboxylic acids is 2. The van der Waals surface area contributed by atoms with Crippen molar-refractivity contribution in [3.63, 3.8) is 0 Å². The average Bonchev–Trinajstić information content (AvgIpc) is 3.07. The van der Waals surface area contributed by atoms with Gasteiger partial charge >= 0.3 is 11.9 Å². The number of nitrogens with zero attached hydrogens (tertiary/aromatic N) is 1. The van der Waals surface area contributed by atoms with Gasteiger partial charge in [0.15, 0.2) is 5.41 Å². The molecule has 1 aliphatic carbocycles. The summed E-state index contributed by atoms with van der Waals surface area (Å²) in [6.07, 6.45) is 4.50. The summed E-state index contributed by atoms with van der Waals surface area (Å²) in [6, 6.07) is 11.8. The highest BCUT2D eigenvalue weighted by Gasteiger charge is 2.47. The van der Waals surface area contributed by atoms with Crippen LogP contribution in [-0.4, -0.2) is 38.5 Å². The third kappa shape index (κ3) is 3.14. The van der Waals surface area contributed by atoms with Crippen LogP contribution < -0.4 is 0 Å². The Morgan fingerprint density at radius 2 is 1.65 bits per heavy atom. The van der Waals surface area contributed by atoms with Crippen LogP contribution in [0.3, 0.4) is 0 Å². The largest absolute Gasteiger partial charge is 0.468 e. The van der Waals surface area contributed by atoms with Gasteiger partial charge in [-0.3, -0.25) is 9.59 Å². The van der Waals surface area contributed by atoms with Crippen LogP contribution in [0.25, 0.3) is 17.0 Å². The minimum Gasteiger partial charge on any atom is -0.468 e. The van der Waals surface area contributed by atoms with Gasteiger partial charge in [-0.1, -0.05) is 42.0 Å². The normalized spacial score (nSPS) is 14.8. The van der Waals surface area contributed by atoms with Crippen molar-refractivity contribution in [3.8, 4) is 0 Å². The number of aromatic nitrogens is 1. The van der Waals surface area contributed by atoms with Crippen molar-refractivity contribution in [2.24, 2.45) is 5.41 Å². The second-order valence-electron chi connectivity index (χ2n) is 7.47. The van der Waals surface area contributed by atoms with E-state index < -0.39 is 27.4 Å². The fourth-order valence-electron chi connectivity index (χ4n) is 3.98. The molecular formula is C23H21NO6S. The second kappa shape index (κ2) is 7.39.